The Balaban J connectivity index is 2.99. The second-order valence-electron chi connectivity index (χ2n) is 3.16. The minimum Gasteiger partial charge on any atom is -0.379 e. The van der Waals surface area contributed by atoms with Crippen LogP contribution in [-0.2, 0) is 19.1 Å². The maximum Gasteiger partial charge on any atom is 0.216 e. The van der Waals surface area contributed by atoms with Crippen LogP contribution in [0.3, 0.4) is 0 Å². The van der Waals surface area contributed by atoms with Crippen molar-refractivity contribution >= 4 is 11.7 Å². The number of carbonyl (C=O) groups is 2. The third-order valence-electron chi connectivity index (χ3n) is 1.59. The normalized spacial score (nSPS) is 10.0. The highest BCUT2D eigenvalue weighted by Gasteiger charge is 1.94. The highest BCUT2D eigenvalue weighted by molar-refractivity contribution is 5.75. The number of rotatable bonds is 9. The number of ketones is 1. The number of Topliss-reactive ketones (excluding diaryl/α,β-unsaturated/α-hetero) is 1. The molecule has 88 valence electrons. The summed E-state index contributed by atoms with van der Waals surface area (Å²) in [6, 6.07) is 0. The minimum absolute atomic E-state index is 0.0590. The zero-order valence-electron chi connectivity index (χ0n) is 9.38. The van der Waals surface area contributed by atoms with Gasteiger partial charge in [-0.1, -0.05) is 0 Å². The smallest absolute Gasteiger partial charge is 0.216 e. The average Bonchev–Trinajstić information content (AvgIpc) is 2.14. The van der Waals surface area contributed by atoms with E-state index in [1.165, 1.54) is 13.8 Å². The summed E-state index contributed by atoms with van der Waals surface area (Å²) in [5, 5.41) is 2.61. The lowest BCUT2D eigenvalue weighted by atomic mass is 10.3. The predicted molar refractivity (Wildman–Crippen MR) is 55.6 cm³/mol. The van der Waals surface area contributed by atoms with Gasteiger partial charge in [0.1, 0.15) is 5.78 Å². The molecule has 0 aromatic carbocycles. The van der Waals surface area contributed by atoms with Crippen molar-refractivity contribution < 1.29 is 19.1 Å². The Labute approximate surface area is 90.1 Å². The zero-order valence-corrected chi connectivity index (χ0v) is 9.38. The Morgan fingerprint density at radius 2 is 1.60 bits per heavy atom. The molecular weight excluding hydrogens is 198 g/mol. The summed E-state index contributed by atoms with van der Waals surface area (Å²) >= 11 is 0. The molecule has 0 saturated heterocycles. The van der Waals surface area contributed by atoms with Crippen molar-refractivity contribution in [3.8, 4) is 0 Å². The maximum absolute atomic E-state index is 10.5. The van der Waals surface area contributed by atoms with Crippen LogP contribution in [-0.4, -0.2) is 44.7 Å². The monoisotopic (exact) mass is 217 g/mol. The van der Waals surface area contributed by atoms with Gasteiger partial charge in [-0.05, 0) is 6.92 Å². The Morgan fingerprint density at radius 1 is 1.00 bits per heavy atom. The van der Waals surface area contributed by atoms with Gasteiger partial charge >= 0.3 is 0 Å². The molecule has 0 aromatic rings. The van der Waals surface area contributed by atoms with E-state index < -0.39 is 0 Å². The van der Waals surface area contributed by atoms with E-state index in [0.29, 0.717) is 39.4 Å². The van der Waals surface area contributed by atoms with Gasteiger partial charge in [0.25, 0.3) is 0 Å². The molecule has 0 aliphatic heterocycles. The quantitative estimate of drug-likeness (QED) is 0.558. The number of amides is 1. The van der Waals surface area contributed by atoms with E-state index in [1.807, 2.05) is 0 Å². The van der Waals surface area contributed by atoms with Crippen molar-refractivity contribution in [3.63, 3.8) is 0 Å². The number of nitrogens with one attached hydrogen (secondary N) is 1. The van der Waals surface area contributed by atoms with Crippen LogP contribution < -0.4 is 5.32 Å². The molecule has 0 fully saturated rings. The number of hydrogen-bond donors (Lipinski definition) is 1. The van der Waals surface area contributed by atoms with Crippen molar-refractivity contribution in [1.29, 1.82) is 0 Å². The second kappa shape index (κ2) is 9.61. The SMILES string of the molecule is CC(=O)CCOCCOCCNC(C)=O. The van der Waals surface area contributed by atoms with Gasteiger partial charge in [0.05, 0.1) is 26.4 Å². The van der Waals surface area contributed by atoms with Gasteiger partial charge in [0, 0.05) is 19.9 Å². The van der Waals surface area contributed by atoms with E-state index in [1.54, 1.807) is 0 Å². The van der Waals surface area contributed by atoms with Crippen LogP contribution in [0, 0.1) is 0 Å². The molecule has 0 aliphatic carbocycles. The Hall–Kier alpha value is -0.940. The van der Waals surface area contributed by atoms with Crippen molar-refractivity contribution in [3.05, 3.63) is 0 Å². The first-order valence-corrected chi connectivity index (χ1v) is 5.02. The molecule has 1 amide bonds. The molecule has 0 unspecified atom stereocenters. The van der Waals surface area contributed by atoms with Gasteiger partial charge in [0.15, 0.2) is 0 Å². The van der Waals surface area contributed by atoms with Crippen molar-refractivity contribution in [1.82, 2.24) is 5.32 Å². The lowest BCUT2D eigenvalue weighted by molar-refractivity contribution is -0.119. The fourth-order valence-corrected chi connectivity index (χ4v) is 0.837. The molecule has 0 rings (SSSR count). The molecule has 5 heteroatoms. The maximum atomic E-state index is 10.5. The van der Waals surface area contributed by atoms with Crippen LogP contribution in [0.15, 0.2) is 0 Å². The van der Waals surface area contributed by atoms with Gasteiger partial charge in [-0.3, -0.25) is 9.59 Å². The molecule has 0 aromatic heterocycles. The van der Waals surface area contributed by atoms with Gasteiger partial charge in [-0.25, -0.2) is 0 Å². The summed E-state index contributed by atoms with van der Waals surface area (Å²) < 4.78 is 10.3. The summed E-state index contributed by atoms with van der Waals surface area (Å²) in [6.07, 6.45) is 0.450. The zero-order chi connectivity index (χ0) is 11.5. The van der Waals surface area contributed by atoms with E-state index >= 15 is 0 Å². The van der Waals surface area contributed by atoms with E-state index in [2.05, 4.69) is 5.32 Å². The van der Waals surface area contributed by atoms with Gasteiger partial charge in [0.2, 0.25) is 5.91 Å². The van der Waals surface area contributed by atoms with Crippen molar-refractivity contribution in [2.24, 2.45) is 0 Å². The first kappa shape index (κ1) is 14.1. The molecule has 1 N–H and O–H groups in total. The van der Waals surface area contributed by atoms with Gasteiger partial charge in [-0.15, -0.1) is 0 Å². The first-order chi connectivity index (χ1) is 7.13. The third kappa shape index (κ3) is 13.1. The summed E-state index contributed by atoms with van der Waals surface area (Å²) in [4.78, 5) is 21.0. The summed E-state index contributed by atoms with van der Waals surface area (Å²) in [6.45, 7) is 5.41. The Bertz CT molecular complexity index is 174. The van der Waals surface area contributed by atoms with Crippen LogP contribution in [0.25, 0.3) is 0 Å². The summed E-state index contributed by atoms with van der Waals surface area (Å²) in [5.74, 6) is 0.0675. The average molecular weight is 217 g/mol. The highest BCUT2D eigenvalue weighted by atomic mass is 16.5. The van der Waals surface area contributed by atoms with E-state index in [0.717, 1.165) is 0 Å². The Kier molecular flexibility index (Phi) is 9.01. The largest absolute Gasteiger partial charge is 0.379 e. The fourth-order valence-electron chi connectivity index (χ4n) is 0.837. The van der Waals surface area contributed by atoms with Crippen LogP contribution >= 0.6 is 0 Å². The van der Waals surface area contributed by atoms with Crippen LogP contribution in [0.4, 0.5) is 0 Å². The fraction of sp³-hybridized carbons (Fsp3) is 0.800. The van der Waals surface area contributed by atoms with E-state index in [4.69, 9.17) is 9.47 Å². The number of hydrogen-bond acceptors (Lipinski definition) is 4. The standard InChI is InChI=1S/C10H19NO4/c1-9(12)3-5-14-7-8-15-6-4-11-10(2)13/h3-8H2,1-2H3,(H,11,13). The summed E-state index contributed by atoms with van der Waals surface area (Å²) in [5.41, 5.74) is 0. The second-order valence-corrected chi connectivity index (χ2v) is 3.16. The molecule has 0 bridgehead atoms. The predicted octanol–water partition coefficient (Wildman–Crippen LogP) is 0.135. The first-order valence-electron chi connectivity index (χ1n) is 5.02. The molecule has 0 atom stereocenters. The third-order valence-corrected chi connectivity index (χ3v) is 1.59. The molecule has 0 radical (unpaired) electrons. The van der Waals surface area contributed by atoms with Gasteiger partial charge < -0.3 is 14.8 Å². The van der Waals surface area contributed by atoms with Crippen LogP contribution in [0.1, 0.15) is 20.3 Å². The number of ether oxygens (including phenoxy) is 2. The summed E-state index contributed by atoms with van der Waals surface area (Å²) in [7, 11) is 0. The van der Waals surface area contributed by atoms with Crippen molar-refractivity contribution in [2.45, 2.75) is 20.3 Å². The molecule has 15 heavy (non-hydrogen) atoms. The highest BCUT2D eigenvalue weighted by Crippen LogP contribution is 1.84. The molecule has 0 saturated carbocycles. The molecule has 0 aliphatic rings. The lowest BCUT2D eigenvalue weighted by Gasteiger charge is -2.05. The van der Waals surface area contributed by atoms with Gasteiger partial charge in [-0.2, -0.15) is 0 Å². The Morgan fingerprint density at radius 3 is 2.13 bits per heavy atom. The molecular formula is C10H19NO4. The van der Waals surface area contributed by atoms with E-state index in [-0.39, 0.29) is 11.7 Å². The number of carbonyl (C=O) groups excluding carboxylic acids is 2. The van der Waals surface area contributed by atoms with Crippen molar-refractivity contribution in [2.75, 3.05) is 33.0 Å². The van der Waals surface area contributed by atoms with Crippen LogP contribution in [0.5, 0.6) is 0 Å². The van der Waals surface area contributed by atoms with Crippen LogP contribution in [0.2, 0.25) is 0 Å². The molecule has 5 nitrogen and oxygen atoms in total. The topological polar surface area (TPSA) is 64.6 Å². The minimum atomic E-state index is -0.0590. The lowest BCUT2D eigenvalue weighted by Crippen LogP contribution is -2.24. The molecule has 0 heterocycles. The molecule has 0 spiro atoms. The van der Waals surface area contributed by atoms with E-state index in [9.17, 15) is 9.59 Å².